The summed E-state index contributed by atoms with van der Waals surface area (Å²) in [5, 5.41) is 3.38. The minimum absolute atomic E-state index is 0.149. The Kier molecular flexibility index (Phi) is 6.36. The van der Waals surface area contributed by atoms with Crippen molar-refractivity contribution < 1.29 is 14.3 Å². The van der Waals surface area contributed by atoms with Gasteiger partial charge in [0.15, 0.2) is 0 Å². The number of benzene rings is 1. The molecule has 19 heavy (non-hydrogen) atoms. The van der Waals surface area contributed by atoms with E-state index in [2.05, 4.69) is 10.1 Å². The number of amides is 1. The van der Waals surface area contributed by atoms with Crippen LogP contribution < -0.4 is 5.32 Å². The van der Waals surface area contributed by atoms with E-state index >= 15 is 0 Å². The Bertz CT molecular complexity index is 448. The molecule has 0 heterocycles. The van der Waals surface area contributed by atoms with Gasteiger partial charge in [-0.1, -0.05) is 36.7 Å². The molecular weight excluding hydrogens is 266 g/mol. The van der Waals surface area contributed by atoms with Crippen molar-refractivity contribution in [2.24, 2.45) is 0 Å². The number of halogens is 1. The van der Waals surface area contributed by atoms with Gasteiger partial charge in [-0.2, -0.15) is 0 Å². The SMILES string of the molecule is CCC(CC(=O)OC)NC(=O)Cc1ccccc1Cl. The van der Waals surface area contributed by atoms with Crippen molar-refractivity contribution in [1.29, 1.82) is 0 Å². The van der Waals surface area contributed by atoms with Crippen LogP contribution in [-0.4, -0.2) is 25.0 Å². The molecule has 0 aromatic heterocycles. The average Bonchev–Trinajstić information content (AvgIpc) is 2.40. The summed E-state index contributed by atoms with van der Waals surface area (Å²) in [6, 6.07) is 7.00. The first-order valence-corrected chi connectivity index (χ1v) is 6.54. The zero-order chi connectivity index (χ0) is 14.3. The van der Waals surface area contributed by atoms with Gasteiger partial charge < -0.3 is 10.1 Å². The van der Waals surface area contributed by atoms with Crippen molar-refractivity contribution in [2.45, 2.75) is 32.2 Å². The Balaban J connectivity index is 2.54. The molecule has 1 rings (SSSR count). The summed E-state index contributed by atoms with van der Waals surface area (Å²) in [5.74, 6) is -0.478. The van der Waals surface area contributed by atoms with Crippen LogP contribution in [0.25, 0.3) is 0 Å². The number of nitrogens with one attached hydrogen (secondary N) is 1. The van der Waals surface area contributed by atoms with E-state index < -0.39 is 0 Å². The summed E-state index contributed by atoms with van der Waals surface area (Å²) < 4.78 is 4.59. The lowest BCUT2D eigenvalue weighted by Gasteiger charge is -2.15. The molecule has 0 fully saturated rings. The quantitative estimate of drug-likeness (QED) is 0.815. The zero-order valence-corrected chi connectivity index (χ0v) is 11.9. The average molecular weight is 284 g/mol. The Hall–Kier alpha value is -1.55. The fraction of sp³-hybridized carbons (Fsp3) is 0.429. The van der Waals surface area contributed by atoms with Gasteiger partial charge in [-0.15, -0.1) is 0 Å². The van der Waals surface area contributed by atoms with Crippen LogP contribution in [0.1, 0.15) is 25.3 Å². The minimum atomic E-state index is -0.329. The van der Waals surface area contributed by atoms with Gasteiger partial charge in [-0.05, 0) is 18.1 Å². The first-order valence-electron chi connectivity index (χ1n) is 6.16. The lowest BCUT2D eigenvalue weighted by molar-refractivity contribution is -0.141. The van der Waals surface area contributed by atoms with Crippen LogP contribution in [0.3, 0.4) is 0 Å². The van der Waals surface area contributed by atoms with Crippen LogP contribution in [0.5, 0.6) is 0 Å². The predicted octanol–water partition coefficient (Wildman–Crippen LogP) is 2.34. The molecule has 5 heteroatoms. The molecule has 1 atom stereocenters. The maximum atomic E-state index is 11.9. The fourth-order valence-electron chi connectivity index (χ4n) is 1.68. The minimum Gasteiger partial charge on any atom is -0.469 e. The van der Waals surface area contributed by atoms with E-state index in [4.69, 9.17) is 11.6 Å². The lowest BCUT2D eigenvalue weighted by Crippen LogP contribution is -2.37. The molecule has 1 aromatic carbocycles. The van der Waals surface area contributed by atoms with Crippen molar-refractivity contribution in [3.05, 3.63) is 34.9 Å². The van der Waals surface area contributed by atoms with Gasteiger partial charge in [0.05, 0.1) is 20.0 Å². The molecule has 0 saturated carbocycles. The molecule has 0 spiro atoms. The van der Waals surface area contributed by atoms with Crippen molar-refractivity contribution in [3.63, 3.8) is 0 Å². The number of ether oxygens (including phenoxy) is 1. The second-order valence-corrected chi connectivity index (χ2v) is 4.63. The molecular formula is C14H18ClNO3. The zero-order valence-electron chi connectivity index (χ0n) is 11.1. The first-order chi connectivity index (χ1) is 9.06. The first kappa shape index (κ1) is 15.5. The van der Waals surface area contributed by atoms with Crippen molar-refractivity contribution in [2.75, 3.05) is 7.11 Å². The smallest absolute Gasteiger partial charge is 0.307 e. The van der Waals surface area contributed by atoms with Gasteiger partial charge >= 0.3 is 5.97 Å². The molecule has 0 bridgehead atoms. The number of hydrogen-bond donors (Lipinski definition) is 1. The number of esters is 1. The molecule has 0 saturated heterocycles. The fourth-order valence-corrected chi connectivity index (χ4v) is 1.88. The maximum Gasteiger partial charge on any atom is 0.307 e. The van der Waals surface area contributed by atoms with Gasteiger partial charge in [0.1, 0.15) is 0 Å². The summed E-state index contributed by atoms with van der Waals surface area (Å²) in [6.45, 7) is 1.91. The van der Waals surface area contributed by atoms with Crippen LogP contribution in [-0.2, 0) is 20.7 Å². The van der Waals surface area contributed by atoms with E-state index in [-0.39, 0.29) is 30.8 Å². The highest BCUT2D eigenvalue weighted by Crippen LogP contribution is 2.15. The van der Waals surface area contributed by atoms with E-state index in [0.29, 0.717) is 11.4 Å². The van der Waals surface area contributed by atoms with Crippen LogP contribution in [0.2, 0.25) is 5.02 Å². The lowest BCUT2D eigenvalue weighted by atomic mass is 10.1. The monoisotopic (exact) mass is 283 g/mol. The normalized spacial score (nSPS) is 11.7. The van der Waals surface area contributed by atoms with E-state index in [1.165, 1.54) is 7.11 Å². The molecule has 1 aromatic rings. The third kappa shape index (κ3) is 5.30. The van der Waals surface area contributed by atoms with E-state index in [1.54, 1.807) is 6.07 Å². The standard InChI is InChI=1S/C14H18ClNO3/c1-3-11(9-14(18)19-2)16-13(17)8-10-6-4-5-7-12(10)15/h4-7,11H,3,8-9H2,1-2H3,(H,16,17). The predicted molar refractivity (Wildman–Crippen MR) is 74.0 cm³/mol. The number of hydrogen-bond acceptors (Lipinski definition) is 3. The van der Waals surface area contributed by atoms with Gasteiger partial charge in [0, 0.05) is 11.1 Å². The molecule has 0 aliphatic heterocycles. The van der Waals surface area contributed by atoms with Gasteiger partial charge in [0.2, 0.25) is 5.91 Å². The molecule has 1 unspecified atom stereocenters. The Morgan fingerprint density at radius 2 is 2.05 bits per heavy atom. The summed E-state index contributed by atoms with van der Waals surface area (Å²) >= 11 is 5.99. The van der Waals surface area contributed by atoms with Crippen LogP contribution in [0.15, 0.2) is 24.3 Å². The highest BCUT2D eigenvalue weighted by molar-refractivity contribution is 6.31. The maximum absolute atomic E-state index is 11.9. The Morgan fingerprint density at radius 1 is 1.37 bits per heavy atom. The highest BCUT2D eigenvalue weighted by Gasteiger charge is 2.15. The van der Waals surface area contributed by atoms with E-state index in [1.807, 2.05) is 25.1 Å². The molecule has 4 nitrogen and oxygen atoms in total. The number of carbonyl (C=O) groups is 2. The molecule has 0 aliphatic rings. The molecule has 0 radical (unpaired) electrons. The van der Waals surface area contributed by atoms with Gasteiger partial charge in [-0.3, -0.25) is 9.59 Å². The summed E-state index contributed by atoms with van der Waals surface area (Å²) in [7, 11) is 1.33. The van der Waals surface area contributed by atoms with Gasteiger partial charge in [0.25, 0.3) is 0 Å². The van der Waals surface area contributed by atoms with E-state index in [0.717, 1.165) is 5.56 Å². The topological polar surface area (TPSA) is 55.4 Å². The third-order valence-electron chi connectivity index (χ3n) is 2.81. The molecule has 1 amide bonds. The Labute approximate surface area is 118 Å². The van der Waals surface area contributed by atoms with Gasteiger partial charge in [-0.25, -0.2) is 0 Å². The van der Waals surface area contributed by atoms with Crippen LogP contribution in [0, 0.1) is 0 Å². The second kappa shape index (κ2) is 7.79. The largest absolute Gasteiger partial charge is 0.469 e. The number of methoxy groups -OCH3 is 1. The van der Waals surface area contributed by atoms with Crippen molar-refractivity contribution in [3.8, 4) is 0 Å². The summed E-state index contributed by atoms with van der Waals surface area (Å²) in [5.41, 5.74) is 0.773. The number of rotatable bonds is 6. The number of carbonyl (C=O) groups excluding carboxylic acids is 2. The Morgan fingerprint density at radius 3 is 2.63 bits per heavy atom. The third-order valence-corrected chi connectivity index (χ3v) is 3.18. The molecule has 104 valence electrons. The van der Waals surface area contributed by atoms with E-state index in [9.17, 15) is 9.59 Å². The second-order valence-electron chi connectivity index (χ2n) is 4.22. The van der Waals surface area contributed by atoms with Crippen LogP contribution >= 0.6 is 11.6 Å². The molecule has 1 N–H and O–H groups in total. The van der Waals surface area contributed by atoms with Crippen LogP contribution in [0.4, 0.5) is 0 Å². The summed E-state index contributed by atoms with van der Waals surface area (Å²) in [4.78, 5) is 23.1. The van der Waals surface area contributed by atoms with Crippen molar-refractivity contribution >= 4 is 23.5 Å². The molecule has 0 aliphatic carbocycles. The summed E-state index contributed by atoms with van der Waals surface area (Å²) in [6.07, 6.45) is 1.06. The van der Waals surface area contributed by atoms with Crippen molar-refractivity contribution in [1.82, 2.24) is 5.32 Å². The highest BCUT2D eigenvalue weighted by atomic mass is 35.5.